The van der Waals surface area contributed by atoms with Crippen LogP contribution in [0.25, 0.3) is 0 Å². The quantitative estimate of drug-likeness (QED) is 0.892. The molecule has 1 heterocycles. The van der Waals surface area contributed by atoms with E-state index in [9.17, 15) is 0 Å². The van der Waals surface area contributed by atoms with Crippen molar-refractivity contribution < 1.29 is 0 Å². The Kier molecular flexibility index (Phi) is 4.19. The number of hydrogen-bond acceptors (Lipinski definition) is 2. The van der Waals surface area contributed by atoms with Crippen molar-refractivity contribution in [1.29, 1.82) is 0 Å². The van der Waals surface area contributed by atoms with E-state index in [4.69, 9.17) is 0 Å². The van der Waals surface area contributed by atoms with E-state index in [-0.39, 0.29) is 0 Å². The minimum absolute atomic E-state index is 0.474. The summed E-state index contributed by atoms with van der Waals surface area (Å²) < 4.78 is 0. The molecule has 2 aliphatic rings. The predicted octanol–water partition coefficient (Wildman–Crippen LogP) is 3.21. The SMILES string of the molecule is CNC(CN1CCC2CCCCC21)c1ccccc1. The zero-order chi connectivity index (χ0) is 13.1. The van der Waals surface area contributed by atoms with Crippen molar-refractivity contribution in [3.63, 3.8) is 0 Å². The number of fused-ring (bicyclic) bond motifs is 1. The first-order valence-electron chi connectivity index (χ1n) is 7.85. The second-order valence-corrected chi connectivity index (χ2v) is 6.15. The summed E-state index contributed by atoms with van der Waals surface area (Å²) in [6.07, 6.45) is 7.22. The van der Waals surface area contributed by atoms with E-state index in [0.717, 1.165) is 12.0 Å². The average molecular weight is 258 g/mol. The van der Waals surface area contributed by atoms with E-state index in [1.165, 1.54) is 50.8 Å². The molecule has 3 rings (SSSR count). The molecule has 1 saturated carbocycles. The van der Waals surface area contributed by atoms with Gasteiger partial charge in [0, 0.05) is 18.6 Å². The highest BCUT2D eigenvalue weighted by Crippen LogP contribution is 2.36. The van der Waals surface area contributed by atoms with Crippen molar-refractivity contribution in [3.8, 4) is 0 Å². The molecule has 0 spiro atoms. The van der Waals surface area contributed by atoms with Crippen LogP contribution in [0.5, 0.6) is 0 Å². The summed E-state index contributed by atoms with van der Waals surface area (Å²) in [4.78, 5) is 2.75. The largest absolute Gasteiger partial charge is 0.312 e. The molecule has 2 heteroatoms. The highest BCUT2D eigenvalue weighted by atomic mass is 15.2. The van der Waals surface area contributed by atoms with E-state index in [2.05, 4.69) is 47.6 Å². The van der Waals surface area contributed by atoms with Crippen LogP contribution in [-0.4, -0.2) is 31.1 Å². The van der Waals surface area contributed by atoms with Crippen molar-refractivity contribution in [2.45, 2.75) is 44.2 Å². The van der Waals surface area contributed by atoms with Gasteiger partial charge in [0.2, 0.25) is 0 Å². The molecule has 0 radical (unpaired) electrons. The van der Waals surface area contributed by atoms with E-state index in [1.54, 1.807) is 0 Å². The first kappa shape index (κ1) is 13.1. The van der Waals surface area contributed by atoms with Crippen molar-refractivity contribution in [1.82, 2.24) is 10.2 Å². The number of hydrogen-bond donors (Lipinski definition) is 1. The van der Waals surface area contributed by atoms with E-state index >= 15 is 0 Å². The third kappa shape index (κ3) is 2.85. The highest BCUT2D eigenvalue weighted by Gasteiger charge is 2.36. The third-order valence-electron chi connectivity index (χ3n) is 5.09. The predicted molar refractivity (Wildman–Crippen MR) is 80.2 cm³/mol. The van der Waals surface area contributed by atoms with Crippen LogP contribution < -0.4 is 5.32 Å². The van der Waals surface area contributed by atoms with Gasteiger partial charge < -0.3 is 5.32 Å². The molecular formula is C17H26N2. The Hall–Kier alpha value is -0.860. The first-order chi connectivity index (χ1) is 9.38. The Morgan fingerprint density at radius 2 is 1.95 bits per heavy atom. The first-order valence-corrected chi connectivity index (χ1v) is 7.85. The smallest absolute Gasteiger partial charge is 0.0446 e. The average Bonchev–Trinajstić information content (AvgIpc) is 2.89. The normalized spacial score (nSPS) is 29.1. The minimum Gasteiger partial charge on any atom is -0.312 e. The lowest BCUT2D eigenvalue weighted by atomic mass is 9.85. The van der Waals surface area contributed by atoms with Gasteiger partial charge in [-0.2, -0.15) is 0 Å². The zero-order valence-corrected chi connectivity index (χ0v) is 12.0. The molecule has 0 amide bonds. The van der Waals surface area contributed by atoms with Gasteiger partial charge in [0.05, 0.1) is 0 Å². The van der Waals surface area contributed by atoms with Crippen molar-refractivity contribution in [3.05, 3.63) is 35.9 Å². The van der Waals surface area contributed by atoms with Gasteiger partial charge in [-0.1, -0.05) is 43.2 Å². The third-order valence-corrected chi connectivity index (χ3v) is 5.09. The summed E-state index contributed by atoms with van der Waals surface area (Å²) in [5.74, 6) is 0.988. The molecule has 1 aromatic carbocycles. The molecule has 3 atom stereocenters. The Balaban J connectivity index is 1.66. The summed E-state index contributed by atoms with van der Waals surface area (Å²) >= 11 is 0. The molecule has 1 aliphatic carbocycles. The minimum atomic E-state index is 0.474. The maximum absolute atomic E-state index is 3.50. The zero-order valence-electron chi connectivity index (χ0n) is 12.0. The summed E-state index contributed by atoms with van der Waals surface area (Å²) in [7, 11) is 2.09. The fraction of sp³-hybridized carbons (Fsp3) is 0.647. The molecule has 3 unspecified atom stereocenters. The van der Waals surface area contributed by atoms with Gasteiger partial charge >= 0.3 is 0 Å². The standard InChI is InChI=1S/C17H26N2/c1-18-16(14-7-3-2-4-8-14)13-19-12-11-15-9-5-6-10-17(15)19/h2-4,7-8,15-18H,5-6,9-13H2,1H3. The molecular weight excluding hydrogens is 232 g/mol. The van der Waals surface area contributed by atoms with Crippen LogP contribution in [0.2, 0.25) is 0 Å². The Morgan fingerprint density at radius 1 is 1.16 bits per heavy atom. The van der Waals surface area contributed by atoms with Gasteiger partial charge in [-0.25, -0.2) is 0 Å². The van der Waals surface area contributed by atoms with Gasteiger partial charge in [0.15, 0.2) is 0 Å². The summed E-state index contributed by atoms with van der Waals surface area (Å²) in [5.41, 5.74) is 1.42. The lowest BCUT2D eigenvalue weighted by molar-refractivity contribution is 0.169. The molecule has 2 fully saturated rings. The number of likely N-dealkylation sites (tertiary alicyclic amines) is 1. The lowest BCUT2D eigenvalue weighted by Crippen LogP contribution is -2.40. The maximum Gasteiger partial charge on any atom is 0.0446 e. The van der Waals surface area contributed by atoms with E-state index < -0.39 is 0 Å². The topological polar surface area (TPSA) is 15.3 Å². The van der Waals surface area contributed by atoms with Crippen molar-refractivity contribution in [2.75, 3.05) is 20.1 Å². The second kappa shape index (κ2) is 6.06. The van der Waals surface area contributed by atoms with E-state index in [1.807, 2.05) is 0 Å². The van der Waals surface area contributed by atoms with Crippen LogP contribution in [-0.2, 0) is 0 Å². The Morgan fingerprint density at radius 3 is 2.74 bits per heavy atom. The molecule has 1 N–H and O–H groups in total. The number of nitrogens with one attached hydrogen (secondary N) is 1. The van der Waals surface area contributed by atoms with Crippen LogP contribution >= 0.6 is 0 Å². The molecule has 104 valence electrons. The number of nitrogens with zero attached hydrogens (tertiary/aromatic N) is 1. The van der Waals surface area contributed by atoms with Crippen LogP contribution in [0, 0.1) is 5.92 Å². The number of benzene rings is 1. The second-order valence-electron chi connectivity index (χ2n) is 6.15. The Bertz CT molecular complexity index is 390. The lowest BCUT2D eigenvalue weighted by Gasteiger charge is -2.34. The fourth-order valence-corrected chi connectivity index (χ4v) is 4.01. The molecule has 1 aromatic rings. The van der Waals surface area contributed by atoms with Crippen LogP contribution in [0.1, 0.15) is 43.7 Å². The van der Waals surface area contributed by atoms with Gasteiger partial charge in [-0.15, -0.1) is 0 Å². The van der Waals surface area contributed by atoms with Crippen LogP contribution in [0.4, 0.5) is 0 Å². The summed E-state index contributed by atoms with van der Waals surface area (Å²) in [6, 6.07) is 12.2. The van der Waals surface area contributed by atoms with Crippen LogP contribution in [0.3, 0.4) is 0 Å². The molecule has 0 bridgehead atoms. The molecule has 1 aliphatic heterocycles. The maximum atomic E-state index is 3.50. The van der Waals surface area contributed by atoms with E-state index in [0.29, 0.717) is 6.04 Å². The van der Waals surface area contributed by atoms with Gasteiger partial charge in [0.1, 0.15) is 0 Å². The summed E-state index contributed by atoms with van der Waals surface area (Å²) in [5, 5.41) is 3.50. The van der Waals surface area contributed by atoms with Crippen molar-refractivity contribution >= 4 is 0 Å². The van der Waals surface area contributed by atoms with Crippen LogP contribution in [0.15, 0.2) is 30.3 Å². The molecule has 0 aromatic heterocycles. The fourth-order valence-electron chi connectivity index (χ4n) is 4.01. The van der Waals surface area contributed by atoms with Gasteiger partial charge in [-0.3, -0.25) is 4.90 Å². The van der Waals surface area contributed by atoms with Crippen molar-refractivity contribution in [2.24, 2.45) is 5.92 Å². The highest BCUT2D eigenvalue weighted by molar-refractivity contribution is 5.19. The van der Waals surface area contributed by atoms with Gasteiger partial charge in [0.25, 0.3) is 0 Å². The van der Waals surface area contributed by atoms with Gasteiger partial charge in [-0.05, 0) is 44.3 Å². The molecule has 2 nitrogen and oxygen atoms in total. The Labute approximate surface area is 117 Å². The molecule has 19 heavy (non-hydrogen) atoms. The summed E-state index contributed by atoms with van der Waals surface area (Å²) in [6.45, 7) is 2.47. The molecule has 1 saturated heterocycles. The monoisotopic (exact) mass is 258 g/mol. The number of rotatable bonds is 4. The number of likely N-dealkylation sites (N-methyl/N-ethyl adjacent to an activating group) is 1.